The van der Waals surface area contributed by atoms with Gasteiger partial charge in [-0.05, 0) is 40.8 Å². The predicted octanol–water partition coefficient (Wildman–Crippen LogP) is 3.29. The number of fused-ring (bicyclic) bond motifs is 3. The summed E-state index contributed by atoms with van der Waals surface area (Å²) in [4.78, 5) is 0. The first kappa shape index (κ1) is 12.0. The summed E-state index contributed by atoms with van der Waals surface area (Å²) in [5.74, 6) is 0. The Morgan fingerprint density at radius 3 is 2.70 bits per heavy atom. The molecule has 98 valence electrons. The van der Waals surface area contributed by atoms with Crippen LogP contribution in [0.15, 0.2) is 47.0 Å². The lowest BCUT2D eigenvalue weighted by molar-refractivity contribution is 0.976. The second kappa shape index (κ2) is 4.64. The minimum atomic E-state index is 0.978. The minimum absolute atomic E-state index is 0.978. The van der Waals surface area contributed by atoms with Gasteiger partial charge in [0.2, 0.25) is 0 Å². The second-order valence-electron chi connectivity index (χ2n) is 5.13. The third-order valence-corrected chi connectivity index (χ3v) is 4.45. The van der Waals surface area contributed by atoms with Crippen LogP contribution in [0, 0.1) is 0 Å². The van der Waals surface area contributed by atoms with E-state index in [-0.39, 0.29) is 0 Å². The maximum Gasteiger partial charge on any atom is 0.0504 e. The average molecular weight is 324 g/mol. The summed E-state index contributed by atoms with van der Waals surface area (Å²) in [6.45, 7) is 0. The lowest BCUT2D eigenvalue weighted by Gasteiger charge is -2.08. The monoisotopic (exact) mass is 323 g/mol. The van der Waals surface area contributed by atoms with E-state index in [9.17, 15) is 0 Å². The van der Waals surface area contributed by atoms with E-state index in [1.807, 2.05) is 0 Å². The summed E-state index contributed by atoms with van der Waals surface area (Å²) in [6, 6.07) is 10.6. The molecule has 0 saturated heterocycles. The molecule has 2 heteroatoms. The van der Waals surface area contributed by atoms with E-state index in [1.54, 1.807) is 0 Å². The Balaban J connectivity index is 2.13. The second-order valence-corrected chi connectivity index (χ2v) is 6.15. The number of halogens is 1. The van der Waals surface area contributed by atoms with E-state index >= 15 is 0 Å². The summed E-state index contributed by atoms with van der Waals surface area (Å²) >= 11 is 3.64. The number of hydrogen-bond acceptors (Lipinski definition) is 0. The number of aromatic nitrogens is 1. The van der Waals surface area contributed by atoms with Crippen LogP contribution in [0.2, 0.25) is 0 Å². The normalized spacial score (nSPS) is 15.8. The molecule has 2 aromatic rings. The van der Waals surface area contributed by atoms with Crippen molar-refractivity contribution < 1.29 is 0 Å². The first-order valence-corrected chi connectivity index (χ1v) is 7.66. The third-order valence-electron chi connectivity index (χ3n) is 3.91. The Bertz CT molecular complexity index is 851. The van der Waals surface area contributed by atoms with Gasteiger partial charge in [-0.2, -0.15) is 0 Å². The molecule has 2 aliphatic carbocycles. The Kier molecular flexibility index (Phi) is 2.78. The number of rotatable bonds is 1. The molecule has 0 unspecified atom stereocenters. The smallest absolute Gasteiger partial charge is 0.0504 e. The Morgan fingerprint density at radius 1 is 1.00 bits per heavy atom. The van der Waals surface area contributed by atoms with Crippen molar-refractivity contribution in [1.82, 2.24) is 4.57 Å². The van der Waals surface area contributed by atoms with Crippen molar-refractivity contribution in [3.8, 4) is 5.69 Å². The summed E-state index contributed by atoms with van der Waals surface area (Å²) in [5.41, 5.74) is 4.03. The topological polar surface area (TPSA) is 4.93 Å². The molecule has 0 bridgehead atoms. The first-order chi connectivity index (χ1) is 9.84. The fourth-order valence-electron chi connectivity index (χ4n) is 3.04. The van der Waals surface area contributed by atoms with Gasteiger partial charge in [-0.25, -0.2) is 0 Å². The third kappa shape index (κ3) is 1.75. The molecule has 4 rings (SSSR count). The van der Waals surface area contributed by atoms with E-state index in [4.69, 9.17) is 0 Å². The van der Waals surface area contributed by atoms with E-state index in [1.165, 1.54) is 32.0 Å². The van der Waals surface area contributed by atoms with Gasteiger partial charge in [0.1, 0.15) is 0 Å². The highest BCUT2D eigenvalue weighted by molar-refractivity contribution is 9.11. The molecule has 0 radical (unpaired) electrons. The van der Waals surface area contributed by atoms with Crippen LogP contribution in [0.25, 0.3) is 23.9 Å². The Morgan fingerprint density at radius 2 is 1.85 bits per heavy atom. The maximum atomic E-state index is 3.64. The van der Waals surface area contributed by atoms with Gasteiger partial charge in [0.05, 0.1) is 10.7 Å². The molecule has 2 aliphatic rings. The van der Waals surface area contributed by atoms with Gasteiger partial charge in [0, 0.05) is 17.7 Å². The van der Waals surface area contributed by atoms with Crippen LogP contribution >= 0.6 is 15.9 Å². The maximum absolute atomic E-state index is 3.64. The average Bonchev–Trinajstić information content (AvgIpc) is 2.82. The van der Waals surface area contributed by atoms with E-state index < -0.39 is 0 Å². The number of allylic oxidation sites excluding steroid dienone is 3. The van der Waals surface area contributed by atoms with Gasteiger partial charge in [-0.1, -0.05) is 52.4 Å². The highest BCUT2D eigenvalue weighted by atomic mass is 79.9. The van der Waals surface area contributed by atoms with Crippen LogP contribution in [-0.2, 0) is 6.42 Å². The van der Waals surface area contributed by atoms with Crippen LogP contribution in [0.1, 0.15) is 17.5 Å². The van der Waals surface area contributed by atoms with Gasteiger partial charge in [-0.15, -0.1) is 0 Å². The zero-order valence-electron chi connectivity index (χ0n) is 11.0. The molecule has 0 atom stereocenters. The molecular formula is C18H14BrN. The van der Waals surface area contributed by atoms with Crippen molar-refractivity contribution in [3.63, 3.8) is 0 Å². The highest BCUT2D eigenvalue weighted by Gasteiger charge is 2.17. The molecule has 0 fully saturated rings. The molecule has 1 aromatic heterocycles. The van der Waals surface area contributed by atoms with Crippen molar-refractivity contribution in [1.29, 1.82) is 0 Å². The molecule has 0 amide bonds. The molecule has 0 spiro atoms. The Hall–Kier alpha value is -1.80. The van der Waals surface area contributed by atoms with Crippen molar-refractivity contribution in [2.45, 2.75) is 12.8 Å². The van der Waals surface area contributed by atoms with Crippen LogP contribution in [0.4, 0.5) is 0 Å². The molecule has 20 heavy (non-hydrogen) atoms. The molecule has 1 aromatic carbocycles. The number of hydrogen-bond donors (Lipinski definition) is 0. The zero-order valence-corrected chi connectivity index (χ0v) is 12.6. The van der Waals surface area contributed by atoms with Crippen LogP contribution in [-0.4, -0.2) is 4.57 Å². The van der Waals surface area contributed by atoms with Gasteiger partial charge in [0.25, 0.3) is 0 Å². The van der Waals surface area contributed by atoms with Crippen molar-refractivity contribution in [3.05, 3.63) is 68.8 Å². The lowest BCUT2D eigenvalue weighted by atomic mass is 10.0. The van der Waals surface area contributed by atoms with Crippen molar-refractivity contribution >= 4 is 34.2 Å². The minimum Gasteiger partial charge on any atom is -0.310 e. The lowest BCUT2D eigenvalue weighted by Crippen LogP contribution is -2.27. The summed E-state index contributed by atoms with van der Waals surface area (Å²) in [5, 5.41) is 2.64. The molecule has 1 nitrogen and oxygen atoms in total. The largest absolute Gasteiger partial charge is 0.310 e. The van der Waals surface area contributed by atoms with Gasteiger partial charge < -0.3 is 4.57 Å². The predicted molar refractivity (Wildman–Crippen MR) is 88.3 cm³/mol. The summed E-state index contributed by atoms with van der Waals surface area (Å²) in [6.07, 6.45) is 13.2. The van der Waals surface area contributed by atoms with Crippen LogP contribution in [0.5, 0.6) is 0 Å². The number of nitrogens with zero attached hydrogens (tertiary/aromatic N) is 1. The number of para-hydroxylation sites is 1. The summed E-state index contributed by atoms with van der Waals surface area (Å²) < 4.78 is 3.63. The highest BCUT2D eigenvalue weighted by Crippen LogP contribution is 2.20. The number of benzene rings is 1. The van der Waals surface area contributed by atoms with Gasteiger partial charge in [0.15, 0.2) is 0 Å². The Labute approximate surface area is 126 Å². The van der Waals surface area contributed by atoms with E-state index in [0.29, 0.717) is 0 Å². The van der Waals surface area contributed by atoms with Crippen molar-refractivity contribution in [2.75, 3.05) is 0 Å². The molecule has 0 N–H and O–H groups in total. The van der Waals surface area contributed by atoms with Crippen LogP contribution in [0.3, 0.4) is 0 Å². The van der Waals surface area contributed by atoms with Crippen molar-refractivity contribution in [2.24, 2.45) is 0 Å². The molecule has 1 heterocycles. The fraction of sp³-hybridized carbons (Fsp3) is 0.111. The zero-order chi connectivity index (χ0) is 13.5. The molecule has 0 aliphatic heterocycles. The quantitative estimate of drug-likeness (QED) is 0.759. The SMILES string of the molecule is BrC1=CC=c2c(c3c(n2-c2ccccc2)=CCC=C3)C1. The fourth-order valence-corrected chi connectivity index (χ4v) is 3.46. The summed E-state index contributed by atoms with van der Waals surface area (Å²) in [7, 11) is 0. The van der Waals surface area contributed by atoms with Gasteiger partial charge >= 0.3 is 0 Å². The molecule has 0 saturated carbocycles. The standard InChI is InChI=1S/C18H14BrN/c19-13-10-11-18-16(12-13)15-8-4-5-9-17(15)20(18)14-6-2-1-3-7-14/h1-4,6-11H,5,12H2. The van der Waals surface area contributed by atoms with Gasteiger partial charge in [-0.3, -0.25) is 0 Å². The van der Waals surface area contributed by atoms with E-state index in [2.05, 4.69) is 81.2 Å². The molecular weight excluding hydrogens is 310 g/mol. The van der Waals surface area contributed by atoms with Crippen LogP contribution < -0.4 is 10.7 Å². The first-order valence-electron chi connectivity index (χ1n) is 6.87. The van der Waals surface area contributed by atoms with E-state index in [0.717, 1.165) is 12.8 Å².